The molecule has 0 bridgehead atoms. The number of ether oxygens (including phenoxy) is 2. The number of rotatable bonds is 4. The summed E-state index contributed by atoms with van der Waals surface area (Å²) in [6.07, 6.45) is -0.485. The third-order valence-electron chi connectivity index (χ3n) is 2.67. The van der Waals surface area contributed by atoms with Crippen LogP contribution in [0.2, 0.25) is 0 Å². The number of hydrogen-bond donors (Lipinski definition) is 1. The molecule has 1 aromatic carbocycles. The predicted molar refractivity (Wildman–Crippen MR) is 80.0 cm³/mol. The second-order valence-corrected chi connectivity index (χ2v) is 5.74. The van der Waals surface area contributed by atoms with E-state index >= 15 is 0 Å². The van der Waals surface area contributed by atoms with E-state index in [1.807, 2.05) is 6.07 Å². The highest BCUT2D eigenvalue weighted by molar-refractivity contribution is 5.81. The number of amides is 1. The Labute approximate surface area is 130 Å². The van der Waals surface area contributed by atoms with Crippen LogP contribution in [0.25, 0.3) is 0 Å². The molecule has 0 radical (unpaired) electrons. The van der Waals surface area contributed by atoms with Gasteiger partial charge >= 0.3 is 12.1 Å². The van der Waals surface area contributed by atoms with Crippen LogP contribution in [0.1, 0.15) is 31.9 Å². The number of nitriles is 1. The number of hydrogen-bond acceptors (Lipinski definition) is 5. The van der Waals surface area contributed by atoms with Gasteiger partial charge in [0.25, 0.3) is 0 Å². The molecule has 1 N–H and O–H groups in total. The number of carbonyl (C=O) groups is 2. The molecular formula is C16H20N2O4. The Bertz CT molecular complexity index is 585. The van der Waals surface area contributed by atoms with E-state index < -0.39 is 23.7 Å². The molecule has 0 saturated carbocycles. The van der Waals surface area contributed by atoms with E-state index in [2.05, 4.69) is 5.32 Å². The first-order chi connectivity index (χ1) is 10.2. The molecule has 6 nitrogen and oxygen atoms in total. The molecule has 1 amide bonds. The largest absolute Gasteiger partial charge is 0.467 e. The van der Waals surface area contributed by atoms with E-state index in [1.165, 1.54) is 7.11 Å². The predicted octanol–water partition coefficient (Wildman–Crippen LogP) is 2.17. The number of carbonyl (C=O) groups excluding carboxylic acids is 2. The van der Waals surface area contributed by atoms with Gasteiger partial charge in [0.15, 0.2) is 0 Å². The van der Waals surface area contributed by atoms with Crippen LogP contribution in [-0.4, -0.2) is 30.8 Å². The summed E-state index contributed by atoms with van der Waals surface area (Å²) in [6.45, 7) is 5.20. The molecule has 0 aliphatic rings. The lowest BCUT2D eigenvalue weighted by atomic mass is 10.0. The van der Waals surface area contributed by atoms with E-state index in [1.54, 1.807) is 45.0 Å². The van der Waals surface area contributed by atoms with Gasteiger partial charge in [-0.15, -0.1) is 0 Å². The standard InChI is InChI=1S/C16H20N2O4/c1-16(2,3)22-15(20)18-13(14(19)21-4)9-11-6-5-7-12(8-11)10-17/h5-8,13H,9H2,1-4H3,(H,18,20). The van der Waals surface area contributed by atoms with Crippen LogP contribution in [0, 0.1) is 11.3 Å². The first-order valence-corrected chi connectivity index (χ1v) is 6.81. The summed E-state index contributed by atoms with van der Waals surface area (Å²) in [7, 11) is 1.25. The zero-order valence-corrected chi connectivity index (χ0v) is 13.2. The topological polar surface area (TPSA) is 88.4 Å². The van der Waals surface area contributed by atoms with Gasteiger partial charge < -0.3 is 14.8 Å². The summed E-state index contributed by atoms with van der Waals surface area (Å²) in [6, 6.07) is 7.96. The minimum atomic E-state index is -0.881. The van der Waals surface area contributed by atoms with Gasteiger partial charge in [-0.2, -0.15) is 5.26 Å². The van der Waals surface area contributed by atoms with Crippen molar-refractivity contribution in [2.75, 3.05) is 7.11 Å². The smallest absolute Gasteiger partial charge is 0.408 e. The van der Waals surface area contributed by atoms with Gasteiger partial charge in [-0.05, 0) is 38.5 Å². The number of nitrogens with one attached hydrogen (secondary N) is 1. The van der Waals surface area contributed by atoms with E-state index in [-0.39, 0.29) is 6.42 Å². The van der Waals surface area contributed by atoms with E-state index in [0.717, 1.165) is 5.56 Å². The molecule has 22 heavy (non-hydrogen) atoms. The molecule has 0 heterocycles. The van der Waals surface area contributed by atoms with Crippen LogP contribution in [-0.2, 0) is 20.7 Å². The van der Waals surface area contributed by atoms with Gasteiger partial charge in [-0.1, -0.05) is 12.1 Å². The Kier molecular flexibility index (Phi) is 5.93. The van der Waals surface area contributed by atoms with Crippen molar-refractivity contribution < 1.29 is 19.1 Å². The normalized spacial score (nSPS) is 12.0. The van der Waals surface area contributed by atoms with Crippen molar-refractivity contribution in [3.05, 3.63) is 35.4 Å². The fourth-order valence-corrected chi connectivity index (χ4v) is 1.79. The minimum absolute atomic E-state index is 0.210. The van der Waals surface area contributed by atoms with Crippen molar-refractivity contribution in [3.8, 4) is 6.07 Å². The SMILES string of the molecule is COC(=O)C(Cc1cccc(C#N)c1)NC(=O)OC(C)(C)C. The van der Waals surface area contributed by atoms with Gasteiger partial charge in [0, 0.05) is 6.42 Å². The highest BCUT2D eigenvalue weighted by atomic mass is 16.6. The molecule has 6 heteroatoms. The highest BCUT2D eigenvalue weighted by Gasteiger charge is 2.25. The Hall–Kier alpha value is -2.55. The van der Waals surface area contributed by atoms with Gasteiger partial charge in [0.2, 0.25) is 0 Å². The molecule has 1 rings (SSSR count). The monoisotopic (exact) mass is 304 g/mol. The Morgan fingerprint density at radius 3 is 2.59 bits per heavy atom. The summed E-state index contributed by atoms with van der Waals surface area (Å²) >= 11 is 0. The van der Waals surface area contributed by atoms with Gasteiger partial charge in [-0.3, -0.25) is 0 Å². The molecule has 0 aliphatic heterocycles. The molecule has 0 saturated heterocycles. The lowest BCUT2D eigenvalue weighted by Crippen LogP contribution is -2.45. The zero-order chi connectivity index (χ0) is 16.8. The fourth-order valence-electron chi connectivity index (χ4n) is 1.79. The Balaban J connectivity index is 2.83. The average Bonchev–Trinajstić information content (AvgIpc) is 2.44. The quantitative estimate of drug-likeness (QED) is 0.861. The van der Waals surface area contributed by atoms with Crippen molar-refractivity contribution in [2.45, 2.75) is 38.8 Å². The maximum absolute atomic E-state index is 11.8. The molecule has 0 aromatic heterocycles. The van der Waals surface area contributed by atoms with E-state index in [0.29, 0.717) is 5.56 Å². The third-order valence-corrected chi connectivity index (χ3v) is 2.67. The lowest BCUT2D eigenvalue weighted by Gasteiger charge is -2.22. The van der Waals surface area contributed by atoms with E-state index in [9.17, 15) is 9.59 Å². The van der Waals surface area contributed by atoms with Crippen molar-refractivity contribution in [1.82, 2.24) is 5.32 Å². The van der Waals surface area contributed by atoms with Crippen molar-refractivity contribution in [1.29, 1.82) is 5.26 Å². The number of alkyl carbamates (subject to hydrolysis) is 1. The summed E-state index contributed by atoms with van der Waals surface area (Å²) < 4.78 is 9.83. The minimum Gasteiger partial charge on any atom is -0.467 e. The molecule has 1 atom stereocenters. The molecule has 1 aromatic rings. The van der Waals surface area contributed by atoms with Crippen molar-refractivity contribution in [2.24, 2.45) is 0 Å². The summed E-state index contributed by atoms with van der Waals surface area (Å²) in [4.78, 5) is 23.6. The van der Waals surface area contributed by atoms with Crippen molar-refractivity contribution in [3.63, 3.8) is 0 Å². The fraction of sp³-hybridized carbons (Fsp3) is 0.438. The Morgan fingerprint density at radius 1 is 1.36 bits per heavy atom. The van der Waals surface area contributed by atoms with Gasteiger partial charge in [0.1, 0.15) is 11.6 Å². The second-order valence-electron chi connectivity index (χ2n) is 5.74. The van der Waals surface area contributed by atoms with Crippen LogP contribution < -0.4 is 5.32 Å². The zero-order valence-electron chi connectivity index (χ0n) is 13.2. The molecular weight excluding hydrogens is 284 g/mol. The lowest BCUT2D eigenvalue weighted by molar-refractivity contribution is -0.143. The highest BCUT2D eigenvalue weighted by Crippen LogP contribution is 2.10. The van der Waals surface area contributed by atoms with Crippen LogP contribution in [0.4, 0.5) is 4.79 Å². The van der Waals surface area contributed by atoms with Crippen LogP contribution >= 0.6 is 0 Å². The third kappa shape index (κ3) is 5.83. The first-order valence-electron chi connectivity index (χ1n) is 6.81. The maximum Gasteiger partial charge on any atom is 0.408 e. The van der Waals surface area contributed by atoms with Gasteiger partial charge in [0.05, 0.1) is 18.7 Å². The number of esters is 1. The first kappa shape index (κ1) is 17.5. The second kappa shape index (κ2) is 7.46. The van der Waals surface area contributed by atoms with Crippen LogP contribution in [0.5, 0.6) is 0 Å². The van der Waals surface area contributed by atoms with Crippen molar-refractivity contribution >= 4 is 12.1 Å². The van der Waals surface area contributed by atoms with Crippen LogP contribution in [0.15, 0.2) is 24.3 Å². The molecule has 0 fully saturated rings. The molecule has 0 aliphatic carbocycles. The maximum atomic E-state index is 11.8. The summed E-state index contributed by atoms with van der Waals surface area (Å²) in [5.74, 6) is -0.576. The molecule has 118 valence electrons. The summed E-state index contributed by atoms with van der Waals surface area (Å²) in [5, 5.41) is 11.4. The molecule has 1 unspecified atom stereocenters. The number of methoxy groups -OCH3 is 1. The number of benzene rings is 1. The number of nitrogens with zero attached hydrogens (tertiary/aromatic N) is 1. The Morgan fingerprint density at radius 2 is 2.05 bits per heavy atom. The molecule has 0 spiro atoms. The van der Waals surface area contributed by atoms with Gasteiger partial charge in [-0.25, -0.2) is 9.59 Å². The van der Waals surface area contributed by atoms with Crippen LogP contribution in [0.3, 0.4) is 0 Å². The van der Waals surface area contributed by atoms with E-state index in [4.69, 9.17) is 14.7 Å². The average molecular weight is 304 g/mol. The summed E-state index contributed by atoms with van der Waals surface area (Å²) in [5.41, 5.74) is 0.565.